The summed E-state index contributed by atoms with van der Waals surface area (Å²) in [6.07, 6.45) is 1.62. The first-order valence-corrected chi connectivity index (χ1v) is 7.72. The van der Waals surface area contributed by atoms with Gasteiger partial charge in [-0.25, -0.2) is 4.98 Å². The van der Waals surface area contributed by atoms with E-state index in [0.717, 1.165) is 5.69 Å². The number of para-hydroxylation sites is 1. The first kappa shape index (κ1) is 16.1. The van der Waals surface area contributed by atoms with Gasteiger partial charge >= 0.3 is 0 Å². The third-order valence-electron chi connectivity index (χ3n) is 3.14. The van der Waals surface area contributed by atoms with Crippen molar-refractivity contribution in [3.63, 3.8) is 0 Å². The van der Waals surface area contributed by atoms with Crippen molar-refractivity contribution in [2.75, 3.05) is 10.6 Å². The molecule has 3 rings (SSSR count). The Kier molecular flexibility index (Phi) is 4.80. The van der Waals surface area contributed by atoms with E-state index in [0.29, 0.717) is 33.1 Å². The number of halogens is 2. The number of nitrogens with one attached hydrogen (secondary N) is 2. The number of hydrogen-bond acceptors (Lipinski definition) is 5. The first-order valence-electron chi connectivity index (χ1n) is 6.97. The van der Waals surface area contributed by atoms with Gasteiger partial charge in [-0.2, -0.15) is 10.2 Å². The summed E-state index contributed by atoms with van der Waals surface area (Å²) in [6, 6.07) is 16.1. The van der Waals surface area contributed by atoms with E-state index in [-0.39, 0.29) is 0 Å². The van der Waals surface area contributed by atoms with Crippen LogP contribution in [0.4, 0.5) is 23.1 Å². The highest BCUT2D eigenvalue weighted by molar-refractivity contribution is 6.39. The highest BCUT2D eigenvalue weighted by Crippen LogP contribution is 2.31. The molecule has 0 fully saturated rings. The molecule has 0 spiro atoms. The standard InChI is InChI=1S/C17H11Cl2N5/c18-13-2-1-3-14(19)16(13)24-17-21-9-8-15(23-17)22-12-6-4-11(10-20)5-7-12/h1-9H,(H2,21,22,23,24). The van der Waals surface area contributed by atoms with E-state index in [1.165, 1.54) is 0 Å². The van der Waals surface area contributed by atoms with Crippen LogP contribution in [0, 0.1) is 11.3 Å². The van der Waals surface area contributed by atoms with Crippen molar-refractivity contribution in [1.82, 2.24) is 9.97 Å². The minimum absolute atomic E-state index is 0.364. The molecule has 0 radical (unpaired) electrons. The zero-order valence-corrected chi connectivity index (χ0v) is 13.8. The van der Waals surface area contributed by atoms with Gasteiger partial charge in [-0.15, -0.1) is 0 Å². The van der Waals surface area contributed by atoms with E-state index in [9.17, 15) is 0 Å². The fraction of sp³-hybridized carbons (Fsp3) is 0. The second kappa shape index (κ2) is 7.18. The number of rotatable bonds is 4. The van der Waals surface area contributed by atoms with Gasteiger partial charge in [0.25, 0.3) is 0 Å². The number of anilines is 4. The predicted molar refractivity (Wildman–Crippen MR) is 96.2 cm³/mol. The molecule has 0 amide bonds. The monoisotopic (exact) mass is 355 g/mol. The van der Waals surface area contributed by atoms with Crippen LogP contribution in [0.3, 0.4) is 0 Å². The molecule has 7 heteroatoms. The summed E-state index contributed by atoms with van der Waals surface area (Å²) in [5.74, 6) is 0.962. The van der Waals surface area contributed by atoms with Crippen molar-refractivity contribution in [1.29, 1.82) is 5.26 Å². The van der Waals surface area contributed by atoms with Crippen LogP contribution in [0.5, 0.6) is 0 Å². The molecule has 0 atom stereocenters. The Balaban J connectivity index is 1.80. The third kappa shape index (κ3) is 3.74. The van der Waals surface area contributed by atoms with Gasteiger partial charge in [-0.1, -0.05) is 29.3 Å². The summed E-state index contributed by atoms with van der Waals surface area (Å²) in [4.78, 5) is 8.54. The van der Waals surface area contributed by atoms with Crippen LogP contribution < -0.4 is 10.6 Å². The van der Waals surface area contributed by atoms with Crippen molar-refractivity contribution in [3.05, 3.63) is 70.3 Å². The fourth-order valence-electron chi connectivity index (χ4n) is 1.99. The van der Waals surface area contributed by atoms with Crippen LogP contribution in [-0.4, -0.2) is 9.97 Å². The van der Waals surface area contributed by atoms with E-state index in [2.05, 4.69) is 26.7 Å². The minimum atomic E-state index is 0.364. The molecule has 0 aliphatic heterocycles. The highest BCUT2D eigenvalue weighted by Gasteiger charge is 2.08. The number of aromatic nitrogens is 2. The molecule has 2 aromatic carbocycles. The Morgan fingerprint density at radius 3 is 2.29 bits per heavy atom. The molecule has 0 unspecified atom stereocenters. The maximum Gasteiger partial charge on any atom is 0.229 e. The number of nitrogens with zero attached hydrogens (tertiary/aromatic N) is 3. The molecule has 118 valence electrons. The van der Waals surface area contributed by atoms with Gasteiger partial charge in [0.1, 0.15) is 5.82 Å². The van der Waals surface area contributed by atoms with Gasteiger partial charge in [0.15, 0.2) is 0 Å². The van der Waals surface area contributed by atoms with Gasteiger partial charge in [0.2, 0.25) is 5.95 Å². The Morgan fingerprint density at radius 2 is 1.62 bits per heavy atom. The maximum absolute atomic E-state index is 8.82. The van der Waals surface area contributed by atoms with Crippen LogP contribution in [0.1, 0.15) is 5.56 Å². The van der Waals surface area contributed by atoms with E-state index in [1.54, 1.807) is 54.7 Å². The predicted octanol–water partition coefficient (Wildman–Crippen LogP) is 5.14. The number of nitriles is 1. The molecule has 0 saturated heterocycles. The quantitative estimate of drug-likeness (QED) is 0.677. The molecule has 0 aliphatic rings. The van der Waals surface area contributed by atoms with Crippen LogP contribution >= 0.6 is 23.2 Å². The van der Waals surface area contributed by atoms with Crippen LogP contribution in [-0.2, 0) is 0 Å². The average Bonchev–Trinajstić information content (AvgIpc) is 2.59. The Hall–Kier alpha value is -2.81. The third-order valence-corrected chi connectivity index (χ3v) is 3.77. The summed E-state index contributed by atoms with van der Waals surface area (Å²) in [5, 5.41) is 15.9. The summed E-state index contributed by atoms with van der Waals surface area (Å²) in [5.41, 5.74) is 1.96. The Bertz CT molecular complexity index is 883. The largest absolute Gasteiger partial charge is 0.340 e. The maximum atomic E-state index is 8.82. The van der Waals surface area contributed by atoms with E-state index in [4.69, 9.17) is 28.5 Å². The highest BCUT2D eigenvalue weighted by atomic mass is 35.5. The van der Waals surface area contributed by atoms with Crippen LogP contribution in [0.2, 0.25) is 10.0 Å². The molecule has 0 bridgehead atoms. The van der Waals surface area contributed by atoms with Crippen LogP contribution in [0.25, 0.3) is 0 Å². The molecule has 3 aromatic rings. The van der Waals surface area contributed by atoms with E-state index in [1.807, 2.05) is 0 Å². The Morgan fingerprint density at radius 1 is 0.917 bits per heavy atom. The van der Waals surface area contributed by atoms with Crippen molar-refractivity contribution >= 4 is 46.3 Å². The summed E-state index contributed by atoms with van der Waals surface area (Å²) in [6.45, 7) is 0. The molecule has 5 nitrogen and oxygen atoms in total. The summed E-state index contributed by atoms with van der Waals surface area (Å²) >= 11 is 12.3. The lowest BCUT2D eigenvalue weighted by molar-refractivity contribution is 1.17. The topological polar surface area (TPSA) is 73.6 Å². The minimum Gasteiger partial charge on any atom is -0.340 e. The van der Waals surface area contributed by atoms with E-state index < -0.39 is 0 Å². The van der Waals surface area contributed by atoms with Gasteiger partial charge in [0, 0.05) is 11.9 Å². The smallest absolute Gasteiger partial charge is 0.229 e. The van der Waals surface area contributed by atoms with Crippen molar-refractivity contribution in [2.24, 2.45) is 0 Å². The van der Waals surface area contributed by atoms with Crippen molar-refractivity contribution in [2.45, 2.75) is 0 Å². The fourth-order valence-corrected chi connectivity index (χ4v) is 2.49. The molecule has 1 aromatic heterocycles. The lowest BCUT2D eigenvalue weighted by Crippen LogP contribution is -2.01. The zero-order valence-electron chi connectivity index (χ0n) is 12.3. The van der Waals surface area contributed by atoms with Crippen molar-refractivity contribution < 1.29 is 0 Å². The molecular weight excluding hydrogens is 345 g/mol. The summed E-state index contributed by atoms with van der Waals surface area (Å²) in [7, 11) is 0. The average molecular weight is 356 g/mol. The lowest BCUT2D eigenvalue weighted by Gasteiger charge is -2.10. The second-order valence-corrected chi connectivity index (χ2v) is 5.62. The lowest BCUT2D eigenvalue weighted by atomic mass is 10.2. The molecular formula is C17H11Cl2N5. The summed E-state index contributed by atoms with van der Waals surface area (Å²) < 4.78 is 0. The van der Waals surface area contributed by atoms with Gasteiger partial charge in [-0.3, -0.25) is 0 Å². The van der Waals surface area contributed by atoms with Gasteiger partial charge in [-0.05, 0) is 42.5 Å². The molecule has 0 saturated carbocycles. The van der Waals surface area contributed by atoms with Gasteiger partial charge < -0.3 is 10.6 Å². The Labute approximate surface area is 148 Å². The first-order chi connectivity index (χ1) is 11.7. The molecule has 1 heterocycles. The molecule has 24 heavy (non-hydrogen) atoms. The molecule has 2 N–H and O–H groups in total. The normalized spacial score (nSPS) is 10.0. The SMILES string of the molecule is N#Cc1ccc(Nc2ccnc(Nc3c(Cl)cccc3Cl)n2)cc1. The van der Waals surface area contributed by atoms with Crippen molar-refractivity contribution in [3.8, 4) is 6.07 Å². The van der Waals surface area contributed by atoms with Gasteiger partial charge in [0.05, 0.1) is 27.4 Å². The van der Waals surface area contributed by atoms with Crippen LogP contribution in [0.15, 0.2) is 54.7 Å². The second-order valence-electron chi connectivity index (χ2n) is 4.80. The number of benzene rings is 2. The molecule has 0 aliphatic carbocycles. The van der Waals surface area contributed by atoms with E-state index >= 15 is 0 Å². The number of hydrogen-bond donors (Lipinski definition) is 2. The zero-order chi connectivity index (χ0) is 16.9.